The summed E-state index contributed by atoms with van der Waals surface area (Å²) in [5, 5.41) is 14.0. The summed E-state index contributed by atoms with van der Waals surface area (Å²) >= 11 is 0. The van der Waals surface area contributed by atoms with Gasteiger partial charge in [0.05, 0.1) is 11.6 Å². The summed E-state index contributed by atoms with van der Waals surface area (Å²) in [5.41, 5.74) is 0.916. The molecule has 0 saturated carbocycles. The van der Waals surface area contributed by atoms with E-state index in [1.807, 2.05) is 19.0 Å². The van der Waals surface area contributed by atoms with Gasteiger partial charge < -0.3 is 29.2 Å². The van der Waals surface area contributed by atoms with Crippen molar-refractivity contribution in [2.45, 2.75) is 18.8 Å². The maximum Gasteiger partial charge on any atom is 0.231 e. The molecule has 1 aliphatic rings. The summed E-state index contributed by atoms with van der Waals surface area (Å²) in [4.78, 5) is 28.1. The molecule has 0 aliphatic carbocycles. The van der Waals surface area contributed by atoms with Gasteiger partial charge in [-0.05, 0) is 45.3 Å². The Bertz CT molecular complexity index is 1190. The van der Waals surface area contributed by atoms with Crippen molar-refractivity contribution in [3.63, 3.8) is 0 Å². The zero-order valence-corrected chi connectivity index (χ0v) is 18.1. The highest BCUT2D eigenvalue weighted by molar-refractivity contribution is 5.80. The Hall–Kier alpha value is -3.52. The van der Waals surface area contributed by atoms with E-state index in [0.717, 1.165) is 13.0 Å². The molecule has 168 valence electrons. The van der Waals surface area contributed by atoms with E-state index in [1.165, 1.54) is 12.3 Å². The molecular formula is C24H26N2O6. The maximum atomic E-state index is 13.3. The number of hydrogen-bond acceptors (Lipinski definition) is 7. The van der Waals surface area contributed by atoms with Gasteiger partial charge >= 0.3 is 0 Å². The second-order valence-corrected chi connectivity index (χ2v) is 8.04. The molecule has 2 heterocycles. The number of nitrogens with one attached hydrogen (secondary N) is 1. The number of carbonyl (C=O) groups is 1. The third kappa shape index (κ3) is 4.55. The first-order valence-corrected chi connectivity index (χ1v) is 10.5. The molecule has 1 amide bonds. The highest BCUT2D eigenvalue weighted by Gasteiger charge is 2.28. The fourth-order valence-electron chi connectivity index (χ4n) is 3.83. The lowest BCUT2D eigenvalue weighted by Gasteiger charge is -2.19. The van der Waals surface area contributed by atoms with Gasteiger partial charge in [-0.15, -0.1) is 0 Å². The average Bonchev–Trinajstić information content (AvgIpc) is 3.22. The molecule has 1 aliphatic heterocycles. The third-order valence-electron chi connectivity index (χ3n) is 5.47. The molecule has 8 heteroatoms. The third-order valence-corrected chi connectivity index (χ3v) is 5.47. The minimum Gasteiger partial charge on any atom is -0.508 e. The number of para-hydroxylation sites is 1. The lowest BCUT2D eigenvalue weighted by molar-refractivity contribution is -0.121. The van der Waals surface area contributed by atoms with Crippen molar-refractivity contribution in [3.05, 3.63) is 64.0 Å². The Morgan fingerprint density at radius 3 is 2.69 bits per heavy atom. The number of fused-ring (bicyclic) bond motifs is 2. The molecule has 32 heavy (non-hydrogen) atoms. The van der Waals surface area contributed by atoms with Gasteiger partial charge in [-0.3, -0.25) is 9.59 Å². The second-order valence-electron chi connectivity index (χ2n) is 8.04. The zero-order chi connectivity index (χ0) is 22.7. The largest absolute Gasteiger partial charge is 0.508 e. The van der Waals surface area contributed by atoms with Gasteiger partial charge in [0.25, 0.3) is 0 Å². The van der Waals surface area contributed by atoms with Crippen molar-refractivity contribution < 1.29 is 23.8 Å². The maximum absolute atomic E-state index is 13.3. The normalized spacial score (nSPS) is 13.5. The van der Waals surface area contributed by atoms with Crippen LogP contribution in [0.5, 0.6) is 17.2 Å². The van der Waals surface area contributed by atoms with E-state index in [0.29, 0.717) is 40.1 Å². The van der Waals surface area contributed by atoms with Crippen LogP contribution in [0.4, 0.5) is 0 Å². The first-order valence-electron chi connectivity index (χ1n) is 10.5. The van der Waals surface area contributed by atoms with Crippen molar-refractivity contribution in [1.82, 2.24) is 10.2 Å². The molecule has 3 aromatic rings. The molecule has 4 rings (SSSR count). The monoisotopic (exact) mass is 438 g/mol. The predicted octanol–water partition coefficient (Wildman–Crippen LogP) is 2.82. The van der Waals surface area contributed by atoms with Crippen LogP contribution in [0.3, 0.4) is 0 Å². The van der Waals surface area contributed by atoms with Crippen molar-refractivity contribution in [2.75, 3.05) is 34.0 Å². The topological polar surface area (TPSA) is 101 Å². The second kappa shape index (κ2) is 9.32. The molecule has 0 radical (unpaired) electrons. The van der Waals surface area contributed by atoms with E-state index in [1.54, 1.807) is 30.3 Å². The van der Waals surface area contributed by atoms with Gasteiger partial charge in [-0.25, -0.2) is 0 Å². The standard InChI is InChI=1S/C24H26N2O6/c1-26(2)9-5-8-25-23(28)11-16(17-10-21-22(12-19(17)27)32-14-31-21)18-13-30-20-7-4-3-6-15(20)24(18)29/h3-4,6-7,10,12-13,16,27H,5,8-9,11,14H2,1-2H3,(H,25,28)/t16-/m0/s1. The van der Waals surface area contributed by atoms with Gasteiger partial charge in [0.2, 0.25) is 12.7 Å². The van der Waals surface area contributed by atoms with E-state index < -0.39 is 5.92 Å². The Morgan fingerprint density at radius 2 is 1.91 bits per heavy atom. The van der Waals surface area contributed by atoms with Gasteiger partial charge in [-0.1, -0.05) is 12.1 Å². The summed E-state index contributed by atoms with van der Waals surface area (Å²) < 4.78 is 16.5. The minimum atomic E-state index is -0.723. The van der Waals surface area contributed by atoms with Crippen LogP contribution in [0.15, 0.2) is 51.9 Å². The number of phenolic OH excluding ortho intramolecular Hbond substituents is 1. The van der Waals surface area contributed by atoms with Crippen LogP contribution in [-0.4, -0.2) is 49.9 Å². The molecule has 0 unspecified atom stereocenters. The Labute approximate surface area is 185 Å². The number of phenols is 1. The van der Waals surface area contributed by atoms with Crippen LogP contribution in [0.2, 0.25) is 0 Å². The number of aromatic hydroxyl groups is 1. The molecule has 0 bridgehead atoms. The molecule has 2 aromatic carbocycles. The van der Waals surface area contributed by atoms with Crippen molar-refractivity contribution in [1.29, 1.82) is 0 Å². The van der Waals surface area contributed by atoms with E-state index in [9.17, 15) is 14.7 Å². The molecule has 1 aromatic heterocycles. The first kappa shape index (κ1) is 21.7. The Balaban J connectivity index is 1.69. The SMILES string of the molecule is CN(C)CCCNC(=O)C[C@@H](c1cc2c(cc1O)OCO2)c1coc2ccccc2c1=O. The number of rotatable bonds is 8. The summed E-state index contributed by atoms with van der Waals surface area (Å²) in [7, 11) is 3.94. The lowest BCUT2D eigenvalue weighted by Crippen LogP contribution is -2.29. The van der Waals surface area contributed by atoms with E-state index >= 15 is 0 Å². The van der Waals surface area contributed by atoms with Gasteiger partial charge in [0.15, 0.2) is 16.9 Å². The number of benzene rings is 2. The van der Waals surface area contributed by atoms with Crippen LogP contribution < -0.4 is 20.2 Å². The molecule has 1 atom stereocenters. The summed E-state index contributed by atoms with van der Waals surface area (Å²) in [6.07, 6.45) is 2.15. The first-order chi connectivity index (χ1) is 15.4. The summed E-state index contributed by atoms with van der Waals surface area (Å²) in [5.74, 6) is -0.146. The Kier molecular flexibility index (Phi) is 6.32. The van der Waals surface area contributed by atoms with Crippen LogP contribution in [0.1, 0.15) is 29.9 Å². The Morgan fingerprint density at radius 1 is 1.16 bits per heavy atom. The van der Waals surface area contributed by atoms with Crippen molar-refractivity contribution in [3.8, 4) is 17.2 Å². The smallest absolute Gasteiger partial charge is 0.231 e. The molecular weight excluding hydrogens is 412 g/mol. The quantitative estimate of drug-likeness (QED) is 0.522. The highest BCUT2D eigenvalue weighted by Crippen LogP contribution is 2.42. The molecule has 2 N–H and O–H groups in total. The average molecular weight is 438 g/mol. The van der Waals surface area contributed by atoms with Crippen LogP contribution >= 0.6 is 0 Å². The summed E-state index contributed by atoms with van der Waals surface area (Å²) in [6.45, 7) is 1.41. The van der Waals surface area contributed by atoms with Gasteiger partial charge in [-0.2, -0.15) is 0 Å². The molecule has 8 nitrogen and oxygen atoms in total. The van der Waals surface area contributed by atoms with Crippen LogP contribution in [0, 0.1) is 0 Å². The molecule has 0 fully saturated rings. The highest BCUT2D eigenvalue weighted by atomic mass is 16.7. The fourth-order valence-corrected chi connectivity index (χ4v) is 3.83. The number of hydrogen-bond donors (Lipinski definition) is 2. The molecule has 0 saturated heterocycles. The zero-order valence-electron chi connectivity index (χ0n) is 18.1. The van der Waals surface area contributed by atoms with Crippen LogP contribution in [0.25, 0.3) is 11.0 Å². The van der Waals surface area contributed by atoms with Gasteiger partial charge in [0.1, 0.15) is 11.3 Å². The fraction of sp³-hybridized carbons (Fsp3) is 0.333. The van der Waals surface area contributed by atoms with Crippen molar-refractivity contribution >= 4 is 16.9 Å². The molecule has 0 spiro atoms. The number of amides is 1. The minimum absolute atomic E-state index is 0.0295. The van der Waals surface area contributed by atoms with Gasteiger partial charge in [0, 0.05) is 36.1 Å². The predicted molar refractivity (Wildman–Crippen MR) is 119 cm³/mol. The number of ether oxygens (including phenoxy) is 2. The number of nitrogens with zero attached hydrogens (tertiary/aromatic N) is 1. The van der Waals surface area contributed by atoms with Crippen LogP contribution in [-0.2, 0) is 4.79 Å². The number of carbonyl (C=O) groups excluding carboxylic acids is 1. The van der Waals surface area contributed by atoms with E-state index in [-0.39, 0.29) is 30.3 Å². The van der Waals surface area contributed by atoms with E-state index in [2.05, 4.69) is 5.32 Å². The van der Waals surface area contributed by atoms with Crippen molar-refractivity contribution in [2.24, 2.45) is 0 Å². The van der Waals surface area contributed by atoms with E-state index in [4.69, 9.17) is 13.9 Å². The lowest BCUT2D eigenvalue weighted by atomic mass is 9.87. The summed E-state index contributed by atoms with van der Waals surface area (Å²) in [6, 6.07) is 10.0.